The Morgan fingerprint density at radius 1 is 1.00 bits per heavy atom. The summed E-state index contributed by atoms with van der Waals surface area (Å²) in [6.45, 7) is 12.8. The van der Waals surface area contributed by atoms with Gasteiger partial charge in [0.05, 0.1) is 42.0 Å². The number of aromatic nitrogens is 2. The molecule has 2 aromatic carbocycles. The van der Waals surface area contributed by atoms with Gasteiger partial charge in [-0.3, -0.25) is 9.21 Å². The molecule has 0 aliphatic carbocycles. The van der Waals surface area contributed by atoms with Crippen molar-refractivity contribution in [3.8, 4) is 11.5 Å². The largest absolute Gasteiger partial charge is 0.497 e. The molecule has 0 saturated carbocycles. The highest BCUT2D eigenvalue weighted by Crippen LogP contribution is 2.38. The van der Waals surface area contributed by atoms with Crippen LogP contribution < -0.4 is 29.3 Å². The van der Waals surface area contributed by atoms with Crippen LogP contribution in [0.1, 0.15) is 46.1 Å². The summed E-state index contributed by atoms with van der Waals surface area (Å²) in [5.74, 6) is 1.95. The highest BCUT2D eigenvalue weighted by Gasteiger charge is 2.31. The van der Waals surface area contributed by atoms with Crippen LogP contribution in [-0.4, -0.2) is 113 Å². The molecule has 16 heteroatoms. The Labute approximate surface area is 316 Å². The minimum Gasteiger partial charge on any atom is -0.497 e. The van der Waals surface area contributed by atoms with Crippen LogP contribution in [0.2, 0.25) is 0 Å². The SMILES string of the molecule is CCc1cc(Nc2ncc(Br)c(Nc3ccc(OC)cc3N(C)S(C)(=O)=O)n2)c(OC)cc1N1CCC(N2CCN(C(=O)OC(C)(C)C)CC2)CC1. The van der Waals surface area contributed by atoms with Crippen LogP contribution in [-0.2, 0) is 21.2 Å². The molecule has 52 heavy (non-hydrogen) atoms. The number of hydrogen-bond acceptors (Lipinski definition) is 12. The van der Waals surface area contributed by atoms with Crippen molar-refractivity contribution in [2.24, 2.45) is 0 Å². The van der Waals surface area contributed by atoms with Crippen molar-refractivity contribution in [1.82, 2.24) is 19.8 Å². The topological polar surface area (TPSA) is 142 Å². The summed E-state index contributed by atoms with van der Waals surface area (Å²) in [4.78, 5) is 28.5. The van der Waals surface area contributed by atoms with Crippen LogP contribution in [0.15, 0.2) is 41.0 Å². The van der Waals surface area contributed by atoms with Crippen molar-refractivity contribution in [3.63, 3.8) is 0 Å². The summed E-state index contributed by atoms with van der Waals surface area (Å²) in [5.41, 5.74) is 3.48. The van der Waals surface area contributed by atoms with E-state index in [2.05, 4.69) is 60.4 Å². The molecule has 1 amide bonds. The lowest BCUT2D eigenvalue weighted by Gasteiger charge is -2.43. The number of anilines is 6. The number of piperazine rings is 1. The van der Waals surface area contributed by atoms with Crippen molar-refractivity contribution >= 4 is 66.6 Å². The third kappa shape index (κ3) is 9.50. The van der Waals surface area contributed by atoms with E-state index in [-0.39, 0.29) is 6.09 Å². The van der Waals surface area contributed by atoms with Gasteiger partial charge in [-0.2, -0.15) is 4.98 Å². The first-order chi connectivity index (χ1) is 24.6. The second-order valence-corrected chi connectivity index (χ2v) is 16.9. The predicted octanol–water partition coefficient (Wildman–Crippen LogP) is 6.22. The fourth-order valence-electron chi connectivity index (χ4n) is 6.47. The van der Waals surface area contributed by atoms with Crippen molar-refractivity contribution < 1.29 is 27.4 Å². The summed E-state index contributed by atoms with van der Waals surface area (Å²) in [5, 5.41) is 6.59. The summed E-state index contributed by atoms with van der Waals surface area (Å²) >= 11 is 3.53. The smallest absolute Gasteiger partial charge is 0.410 e. The fourth-order valence-corrected chi connectivity index (χ4v) is 7.27. The summed E-state index contributed by atoms with van der Waals surface area (Å²) in [7, 11) is 1.11. The summed E-state index contributed by atoms with van der Waals surface area (Å²) in [6, 6.07) is 9.78. The van der Waals surface area contributed by atoms with Gasteiger partial charge in [-0.25, -0.2) is 18.2 Å². The van der Waals surface area contributed by atoms with Gasteiger partial charge in [-0.1, -0.05) is 6.92 Å². The predicted molar refractivity (Wildman–Crippen MR) is 210 cm³/mol. The number of ether oxygens (including phenoxy) is 3. The first kappa shape index (κ1) is 39.2. The van der Waals surface area contributed by atoms with E-state index in [1.54, 1.807) is 31.5 Å². The average molecular weight is 804 g/mol. The Morgan fingerprint density at radius 3 is 2.29 bits per heavy atom. The molecule has 0 bridgehead atoms. The van der Waals surface area contributed by atoms with E-state index in [9.17, 15) is 13.2 Å². The quantitative estimate of drug-likeness (QED) is 0.227. The first-order valence-electron chi connectivity index (χ1n) is 17.5. The number of carbonyl (C=O) groups excluding carboxylic acids is 1. The highest BCUT2D eigenvalue weighted by atomic mass is 79.9. The summed E-state index contributed by atoms with van der Waals surface area (Å²) in [6.07, 6.45) is 5.44. The molecular formula is C36H51BrN8O6S. The zero-order chi connectivity index (χ0) is 37.8. The summed E-state index contributed by atoms with van der Waals surface area (Å²) < 4.78 is 43.4. The monoisotopic (exact) mass is 802 g/mol. The fraction of sp³-hybridized carbons (Fsp3) is 0.528. The maximum atomic E-state index is 12.5. The van der Waals surface area contributed by atoms with Gasteiger partial charge in [0.2, 0.25) is 16.0 Å². The molecule has 0 radical (unpaired) electrons. The van der Waals surface area contributed by atoms with Crippen LogP contribution in [0.5, 0.6) is 11.5 Å². The van der Waals surface area contributed by atoms with Gasteiger partial charge in [-0.15, -0.1) is 0 Å². The molecule has 2 N–H and O–H groups in total. The molecule has 2 aliphatic rings. The van der Waals surface area contributed by atoms with Gasteiger partial charge in [0.15, 0.2) is 0 Å². The number of nitrogens with zero attached hydrogens (tertiary/aromatic N) is 6. The zero-order valence-electron chi connectivity index (χ0n) is 31.3. The number of sulfonamides is 1. The number of piperidine rings is 1. The lowest BCUT2D eigenvalue weighted by molar-refractivity contribution is 0.00901. The van der Waals surface area contributed by atoms with Crippen LogP contribution >= 0.6 is 15.9 Å². The molecule has 284 valence electrons. The number of benzene rings is 2. The first-order valence-corrected chi connectivity index (χ1v) is 20.1. The van der Waals surface area contributed by atoms with E-state index >= 15 is 0 Å². The third-order valence-electron chi connectivity index (χ3n) is 9.35. The van der Waals surface area contributed by atoms with E-state index in [0.29, 0.717) is 58.2 Å². The van der Waals surface area contributed by atoms with Crippen LogP contribution in [0.4, 0.5) is 39.3 Å². The number of hydrogen-bond donors (Lipinski definition) is 2. The Hall–Kier alpha value is -4.02. The zero-order valence-corrected chi connectivity index (χ0v) is 33.7. The lowest BCUT2D eigenvalue weighted by atomic mass is 9.99. The van der Waals surface area contributed by atoms with Crippen molar-refractivity contribution in [3.05, 3.63) is 46.6 Å². The Kier molecular flexibility index (Phi) is 12.3. The third-order valence-corrected chi connectivity index (χ3v) is 11.1. The molecule has 2 saturated heterocycles. The Morgan fingerprint density at radius 2 is 1.69 bits per heavy atom. The van der Waals surface area contributed by atoms with Gasteiger partial charge in [0.1, 0.15) is 22.9 Å². The minimum atomic E-state index is -3.55. The molecule has 0 unspecified atom stereocenters. The van der Waals surface area contributed by atoms with Crippen LogP contribution in [0.25, 0.3) is 0 Å². The van der Waals surface area contributed by atoms with E-state index in [4.69, 9.17) is 19.2 Å². The minimum absolute atomic E-state index is 0.230. The van der Waals surface area contributed by atoms with E-state index < -0.39 is 15.6 Å². The van der Waals surface area contributed by atoms with Gasteiger partial charge in [-0.05, 0) is 79.7 Å². The highest BCUT2D eigenvalue weighted by molar-refractivity contribution is 9.10. The second kappa shape index (κ2) is 16.3. The number of methoxy groups -OCH3 is 2. The molecule has 5 rings (SSSR count). The van der Waals surface area contributed by atoms with Crippen molar-refractivity contribution in [2.45, 2.75) is 58.6 Å². The second-order valence-electron chi connectivity index (χ2n) is 14.0. The lowest BCUT2D eigenvalue weighted by Crippen LogP contribution is -2.55. The standard InChI is InChI=1S/C36H51BrN8O6S/c1-9-24-20-29(40-34-38-23-27(37)33(41-34)39-28-11-10-26(49-6)21-31(28)42(5)52(8,47)48)32(50-7)22-30(24)44-14-12-25(13-15-44)43-16-18-45(19-17-43)35(46)51-36(2,3)4/h10-11,20-23,25H,9,12-19H2,1-8H3,(H2,38,39,40,41). The molecule has 14 nitrogen and oxygen atoms in total. The van der Waals surface area contributed by atoms with Gasteiger partial charge >= 0.3 is 6.09 Å². The Balaban J connectivity index is 1.28. The van der Waals surface area contributed by atoms with Gasteiger partial charge in [0, 0.05) is 76.4 Å². The number of halogens is 1. The molecule has 3 heterocycles. The normalized spacial score (nSPS) is 16.0. The molecule has 2 fully saturated rings. The van der Waals surface area contributed by atoms with E-state index in [1.807, 2.05) is 25.7 Å². The van der Waals surface area contributed by atoms with Gasteiger partial charge in [0.25, 0.3) is 0 Å². The van der Waals surface area contributed by atoms with Crippen LogP contribution in [0, 0.1) is 0 Å². The number of rotatable bonds is 11. The maximum absolute atomic E-state index is 12.5. The number of nitrogens with one attached hydrogen (secondary N) is 2. The molecule has 0 atom stereocenters. The molecule has 1 aromatic heterocycles. The molecular weight excluding hydrogens is 752 g/mol. The van der Waals surface area contributed by atoms with E-state index in [1.165, 1.54) is 24.0 Å². The number of carbonyl (C=O) groups is 1. The van der Waals surface area contributed by atoms with Crippen LogP contribution in [0.3, 0.4) is 0 Å². The molecule has 2 aliphatic heterocycles. The number of amides is 1. The van der Waals surface area contributed by atoms with Crippen molar-refractivity contribution in [2.75, 3.05) is 86.6 Å². The molecule has 3 aromatic rings. The molecule has 0 spiro atoms. The van der Waals surface area contributed by atoms with Gasteiger partial charge < -0.3 is 34.6 Å². The Bertz CT molecular complexity index is 1840. The van der Waals surface area contributed by atoms with E-state index in [0.717, 1.165) is 63.1 Å². The van der Waals surface area contributed by atoms with Crippen molar-refractivity contribution in [1.29, 1.82) is 0 Å². The maximum Gasteiger partial charge on any atom is 0.410 e. The average Bonchev–Trinajstić information content (AvgIpc) is 3.11. The number of aryl methyl sites for hydroxylation is 1.